The van der Waals surface area contributed by atoms with Gasteiger partial charge in [-0.25, -0.2) is 0 Å². The predicted molar refractivity (Wildman–Crippen MR) is 116 cm³/mol. The maximum atomic E-state index is 3.09. The smallest absolute Gasteiger partial charge is 1.00 e. The van der Waals surface area contributed by atoms with Gasteiger partial charge in [0.05, 0.1) is 0 Å². The van der Waals surface area contributed by atoms with Gasteiger partial charge in [0, 0.05) is 44.1 Å². The van der Waals surface area contributed by atoms with E-state index in [1.165, 1.54) is 10.6 Å². The van der Waals surface area contributed by atoms with E-state index in [0.717, 1.165) is 0 Å². The molecule has 0 fully saturated rings. The van der Waals surface area contributed by atoms with Gasteiger partial charge in [0.15, 0.2) is 0 Å². The van der Waals surface area contributed by atoms with Gasteiger partial charge in [0.1, 0.15) is 37.7 Å². The Morgan fingerprint density at radius 2 is 0.679 bits per heavy atom. The van der Waals surface area contributed by atoms with Crippen molar-refractivity contribution in [1.29, 1.82) is 0 Å². The van der Waals surface area contributed by atoms with Crippen molar-refractivity contribution in [2.45, 2.75) is 78.0 Å². The maximum absolute atomic E-state index is 3.09. The molecular formula is C22H28Cl2FeP2Pd+2. The first-order valence-corrected chi connectivity index (χ1v) is 11.6. The molecule has 2 aliphatic rings. The van der Waals surface area contributed by atoms with E-state index in [4.69, 9.17) is 0 Å². The summed E-state index contributed by atoms with van der Waals surface area (Å²) in [4.78, 5) is 0. The molecule has 2 rings (SSSR count). The van der Waals surface area contributed by atoms with Crippen LogP contribution in [0.25, 0.3) is 0 Å². The molecule has 0 nitrogen and oxygen atoms in total. The third-order valence-corrected chi connectivity index (χ3v) is 9.52. The molecule has 0 aliphatic heterocycles. The molecular weight excluding hydrogens is 559 g/mol. The van der Waals surface area contributed by atoms with Crippen molar-refractivity contribution >= 4 is 25.7 Å². The van der Waals surface area contributed by atoms with E-state index in [-0.39, 0.29) is 77.4 Å². The molecule has 2 aliphatic carbocycles. The Labute approximate surface area is 212 Å². The zero-order valence-corrected chi connectivity index (χ0v) is 23.6. The minimum absolute atomic E-state index is 0. The van der Waals surface area contributed by atoms with Crippen molar-refractivity contribution in [3.8, 4) is 47.4 Å². The molecule has 0 aromatic heterocycles. The van der Waals surface area contributed by atoms with Crippen LogP contribution in [0, 0.1) is 47.4 Å². The molecule has 0 heterocycles. The van der Waals surface area contributed by atoms with Gasteiger partial charge in [-0.3, -0.25) is 0 Å². The average Bonchev–Trinajstić information content (AvgIpc) is 3.11. The van der Waals surface area contributed by atoms with E-state index in [2.05, 4.69) is 103 Å². The van der Waals surface area contributed by atoms with Gasteiger partial charge >= 0.3 is 17.1 Å². The quantitative estimate of drug-likeness (QED) is 0.224. The van der Waals surface area contributed by atoms with Crippen molar-refractivity contribution in [3.63, 3.8) is 0 Å². The number of hydrogen-bond donors (Lipinski definition) is 0. The summed E-state index contributed by atoms with van der Waals surface area (Å²) >= 11 is 0. The molecule has 6 heteroatoms. The summed E-state index contributed by atoms with van der Waals surface area (Å²) in [6.45, 7) is 18.1. The summed E-state index contributed by atoms with van der Waals surface area (Å²) in [7, 11) is -0.221. The second kappa shape index (κ2) is 18.1. The summed E-state index contributed by atoms with van der Waals surface area (Å²) in [5.74, 6) is 23.7. The average molecular weight is 588 g/mol. The van der Waals surface area contributed by atoms with Crippen LogP contribution >= 0.6 is 15.1 Å². The van der Waals surface area contributed by atoms with Crippen LogP contribution in [0.1, 0.15) is 55.4 Å². The summed E-state index contributed by atoms with van der Waals surface area (Å²) in [6, 6.07) is 0. The monoisotopic (exact) mass is 586 g/mol. The van der Waals surface area contributed by atoms with Crippen LogP contribution in [-0.2, 0) is 37.5 Å². The van der Waals surface area contributed by atoms with Crippen LogP contribution in [0.3, 0.4) is 0 Å². The molecule has 0 spiro atoms. The van der Waals surface area contributed by atoms with Gasteiger partial charge < -0.3 is 24.8 Å². The summed E-state index contributed by atoms with van der Waals surface area (Å²) in [5.41, 5.74) is 2.82. The zero-order chi connectivity index (χ0) is 18.3. The summed E-state index contributed by atoms with van der Waals surface area (Å²) in [6.07, 6.45) is 0. The fourth-order valence-corrected chi connectivity index (χ4v) is 8.10. The van der Waals surface area contributed by atoms with Gasteiger partial charge in [-0.15, -0.1) is 0 Å². The fraction of sp³-hybridized carbons (Fsp3) is 0.545. The number of halogens is 2. The van der Waals surface area contributed by atoms with E-state index in [0.29, 0.717) is 22.6 Å². The molecule has 156 valence electrons. The molecule has 0 saturated heterocycles. The predicted octanol–water partition coefficient (Wildman–Crippen LogP) is -1.04. The van der Waals surface area contributed by atoms with Gasteiger partial charge in [-0.1, -0.05) is 0 Å². The molecule has 0 saturated carbocycles. The second-order valence-electron chi connectivity index (χ2n) is 6.89. The van der Waals surface area contributed by atoms with E-state index in [9.17, 15) is 0 Å². The minimum Gasteiger partial charge on any atom is -1.00 e. The molecule has 0 unspecified atom stereocenters. The van der Waals surface area contributed by atoms with Gasteiger partial charge in [-0.05, 0) is 79.1 Å². The third-order valence-electron chi connectivity index (χ3n) is 3.59. The first kappa shape index (κ1) is 35.8. The topological polar surface area (TPSA) is 0 Å². The van der Waals surface area contributed by atoms with Crippen LogP contribution in [0.4, 0.5) is 0 Å². The van der Waals surface area contributed by atoms with Crippen LogP contribution in [0.15, 0.2) is 0 Å². The molecule has 0 amide bonds. The Morgan fingerprint density at radius 3 is 0.821 bits per heavy atom. The standard InChI is InChI=1S/2C11H14P.2ClH.Fe.Pd/c2*1-9(2)12(10(3)4)11-7-5-6-8-11;;;;/h2*9-10H,1-4H3;2*1H;;/q2*+1;;;+2;/p-2. The van der Waals surface area contributed by atoms with Crippen LogP contribution in [-0.4, -0.2) is 33.2 Å². The van der Waals surface area contributed by atoms with E-state index in [1.807, 2.05) is 0 Å². The number of rotatable bonds is 4. The first-order chi connectivity index (χ1) is 11.3. The largest absolute Gasteiger partial charge is 2.00 e. The van der Waals surface area contributed by atoms with Crippen LogP contribution in [0.5, 0.6) is 0 Å². The Hall–Kier alpha value is 0.342. The third kappa shape index (κ3) is 11.5. The SMILES string of the molecule is CC(C)[P+](=C1C#CC#C1)C(C)C.CC(C)[P+](=C1C#CC#C1)C(C)C.[Cl-].[Cl-].[Fe+2].[Pd]. The first-order valence-electron chi connectivity index (χ1n) is 8.60. The van der Waals surface area contributed by atoms with Crippen molar-refractivity contribution in [2.24, 2.45) is 0 Å². The molecule has 0 atom stereocenters. The molecule has 28 heavy (non-hydrogen) atoms. The molecule has 0 radical (unpaired) electrons. The van der Waals surface area contributed by atoms with Crippen molar-refractivity contribution in [1.82, 2.24) is 0 Å². The molecule has 0 aromatic rings. The Balaban J connectivity index is -0.000000180. The van der Waals surface area contributed by atoms with E-state index < -0.39 is 0 Å². The maximum Gasteiger partial charge on any atom is 2.00 e. The van der Waals surface area contributed by atoms with Crippen LogP contribution in [0.2, 0.25) is 0 Å². The van der Waals surface area contributed by atoms with Crippen molar-refractivity contribution in [3.05, 3.63) is 0 Å². The normalized spacial score (nSPS) is 10.9. The Bertz CT molecular complexity index is 676. The van der Waals surface area contributed by atoms with E-state index >= 15 is 0 Å². The van der Waals surface area contributed by atoms with Gasteiger partial charge in [0.25, 0.3) is 0 Å². The Morgan fingerprint density at radius 1 is 0.500 bits per heavy atom. The van der Waals surface area contributed by atoms with Crippen LogP contribution < -0.4 is 24.8 Å². The van der Waals surface area contributed by atoms with Gasteiger partial charge in [-0.2, -0.15) is 0 Å². The van der Waals surface area contributed by atoms with Gasteiger partial charge in [0.2, 0.25) is 10.6 Å². The summed E-state index contributed by atoms with van der Waals surface area (Å²) < 4.78 is 0. The molecule has 0 aromatic carbocycles. The second-order valence-corrected chi connectivity index (χ2v) is 13.5. The fourth-order valence-electron chi connectivity index (χ4n) is 2.91. The zero-order valence-electron chi connectivity index (χ0n) is 17.6. The van der Waals surface area contributed by atoms with E-state index in [1.54, 1.807) is 0 Å². The molecule has 0 N–H and O–H groups in total. The number of hydrogen-bond acceptors (Lipinski definition) is 0. The Kier molecular flexibility index (Phi) is 23.2. The van der Waals surface area contributed by atoms with Crippen molar-refractivity contribution in [2.75, 3.05) is 0 Å². The van der Waals surface area contributed by atoms with Crippen molar-refractivity contribution < 1.29 is 62.3 Å². The minimum atomic E-state index is -0.110. The molecule has 0 bridgehead atoms. The summed E-state index contributed by atoms with van der Waals surface area (Å²) in [5, 5.41) is 2.41.